The van der Waals surface area contributed by atoms with Crippen molar-refractivity contribution < 1.29 is 4.79 Å². The minimum Gasteiger partial charge on any atom is -0.370 e. The van der Waals surface area contributed by atoms with E-state index in [2.05, 4.69) is 15.3 Å². The summed E-state index contributed by atoms with van der Waals surface area (Å²) >= 11 is 0. The third-order valence-electron chi connectivity index (χ3n) is 2.89. The number of aryl methyl sites for hydroxylation is 2. The first-order chi connectivity index (χ1) is 8.49. The molecule has 18 heavy (non-hydrogen) atoms. The average Bonchev–Trinajstić information content (AvgIpc) is 2.83. The van der Waals surface area contributed by atoms with Gasteiger partial charge >= 0.3 is 0 Å². The Hall–Kier alpha value is -2.31. The molecule has 0 aliphatic carbocycles. The lowest BCUT2D eigenvalue weighted by atomic mass is 9.90. The van der Waals surface area contributed by atoms with E-state index in [-0.39, 0.29) is 17.9 Å². The number of aromatic nitrogens is 4. The van der Waals surface area contributed by atoms with Crippen LogP contribution in [0, 0.1) is 6.92 Å². The Kier molecular flexibility index (Phi) is 3.05. The fraction of sp³-hybridized carbons (Fsp3) is 0.364. The van der Waals surface area contributed by atoms with Gasteiger partial charge in [0, 0.05) is 36.8 Å². The van der Waals surface area contributed by atoms with Crippen LogP contribution in [0.25, 0.3) is 0 Å². The molecule has 1 amide bonds. The maximum Gasteiger partial charge on any atom is 0.267 e. The maximum absolute atomic E-state index is 11.8. The van der Waals surface area contributed by atoms with Crippen LogP contribution in [0.2, 0.25) is 0 Å². The Morgan fingerprint density at radius 1 is 1.56 bits per heavy atom. The van der Waals surface area contributed by atoms with E-state index in [0.717, 1.165) is 5.56 Å². The van der Waals surface area contributed by atoms with Crippen molar-refractivity contribution in [3.8, 4) is 0 Å². The zero-order chi connectivity index (χ0) is 13.3. The summed E-state index contributed by atoms with van der Waals surface area (Å²) in [5.74, 6) is -0.824. The molecule has 0 fully saturated rings. The summed E-state index contributed by atoms with van der Waals surface area (Å²) in [5.41, 5.74) is 7.05. The zero-order valence-corrected chi connectivity index (χ0v) is 10.2. The van der Waals surface area contributed by atoms with Crippen molar-refractivity contribution in [1.82, 2.24) is 20.0 Å². The molecule has 2 rings (SSSR count). The summed E-state index contributed by atoms with van der Waals surface area (Å²) in [6.07, 6.45) is 3.49. The summed E-state index contributed by atoms with van der Waals surface area (Å²) in [7, 11) is 1.78. The minimum absolute atomic E-state index is 0.0769. The molecular weight excluding hydrogens is 234 g/mol. The molecule has 7 heteroatoms. The number of hydrogen-bond donors (Lipinski definition) is 3. The Morgan fingerprint density at radius 2 is 2.28 bits per heavy atom. The molecule has 0 saturated carbocycles. The van der Waals surface area contributed by atoms with Crippen molar-refractivity contribution in [1.29, 1.82) is 0 Å². The standard InChI is InChI=1S/C11H15N5O2/c1-6-10(11(18)15-14-6)8(3-9(12)17)7-4-13-16(2)5-7/h4-5,8H,3H2,1-2H3,(H2,12,17)(H2,14,15,18)/t8-/m1/s1. The van der Waals surface area contributed by atoms with Crippen molar-refractivity contribution in [2.45, 2.75) is 19.3 Å². The molecule has 0 radical (unpaired) electrons. The highest BCUT2D eigenvalue weighted by Crippen LogP contribution is 2.26. The molecule has 0 saturated heterocycles. The van der Waals surface area contributed by atoms with E-state index in [0.29, 0.717) is 11.3 Å². The molecule has 0 aromatic carbocycles. The maximum atomic E-state index is 11.8. The first-order valence-electron chi connectivity index (χ1n) is 5.53. The van der Waals surface area contributed by atoms with Gasteiger partial charge in [-0.25, -0.2) is 0 Å². The first kappa shape index (κ1) is 12.2. The lowest BCUT2D eigenvalue weighted by Gasteiger charge is -2.11. The SMILES string of the molecule is Cc1[nH][nH]c(=O)c1[C@H](CC(N)=O)c1cnn(C)c1. The molecule has 0 aliphatic heterocycles. The second-order valence-corrected chi connectivity index (χ2v) is 4.29. The molecule has 2 heterocycles. The fourth-order valence-electron chi connectivity index (χ4n) is 2.08. The highest BCUT2D eigenvalue weighted by Gasteiger charge is 2.24. The smallest absolute Gasteiger partial charge is 0.267 e. The number of aromatic amines is 2. The number of nitrogens with zero attached hydrogens (tertiary/aromatic N) is 2. The second kappa shape index (κ2) is 4.52. The number of primary amides is 1. The van der Waals surface area contributed by atoms with E-state index in [1.165, 1.54) is 0 Å². The van der Waals surface area contributed by atoms with E-state index >= 15 is 0 Å². The van der Waals surface area contributed by atoms with Gasteiger partial charge in [0.1, 0.15) is 0 Å². The Balaban J connectivity index is 2.49. The number of carbonyl (C=O) groups is 1. The van der Waals surface area contributed by atoms with Crippen LogP contribution in [-0.4, -0.2) is 25.9 Å². The predicted octanol–water partition coefficient (Wildman–Crippen LogP) is -0.248. The normalized spacial score (nSPS) is 12.6. The summed E-state index contributed by atoms with van der Waals surface area (Å²) in [6, 6.07) is 0. The number of rotatable bonds is 4. The quantitative estimate of drug-likeness (QED) is 0.695. The summed E-state index contributed by atoms with van der Waals surface area (Å²) in [5, 5.41) is 9.31. The third kappa shape index (κ3) is 2.20. The number of hydrogen-bond acceptors (Lipinski definition) is 3. The van der Waals surface area contributed by atoms with E-state index in [1.54, 1.807) is 31.0 Å². The van der Waals surface area contributed by atoms with E-state index in [1.807, 2.05) is 0 Å². The van der Waals surface area contributed by atoms with Gasteiger partial charge < -0.3 is 10.8 Å². The van der Waals surface area contributed by atoms with E-state index in [9.17, 15) is 9.59 Å². The van der Waals surface area contributed by atoms with Gasteiger partial charge in [-0.2, -0.15) is 5.10 Å². The second-order valence-electron chi connectivity index (χ2n) is 4.29. The number of nitrogens with one attached hydrogen (secondary N) is 2. The summed E-state index contributed by atoms with van der Waals surface area (Å²) in [4.78, 5) is 23.0. The summed E-state index contributed by atoms with van der Waals surface area (Å²) < 4.78 is 1.62. The topological polar surface area (TPSA) is 110 Å². The lowest BCUT2D eigenvalue weighted by Crippen LogP contribution is -2.20. The molecule has 4 N–H and O–H groups in total. The molecule has 0 bridgehead atoms. The predicted molar refractivity (Wildman–Crippen MR) is 65.0 cm³/mol. The van der Waals surface area contributed by atoms with Crippen LogP contribution in [0.4, 0.5) is 0 Å². The van der Waals surface area contributed by atoms with Crippen molar-refractivity contribution >= 4 is 5.91 Å². The molecule has 0 spiro atoms. The zero-order valence-electron chi connectivity index (χ0n) is 10.2. The van der Waals surface area contributed by atoms with Gasteiger partial charge in [0.05, 0.1) is 6.20 Å². The molecule has 7 nitrogen and oxygen atoms in total. The van der Waals surface area contributed by atoms with Crippen LogP contribution in [-0.2, 0) is 11.8 Å². The molecule has 96 valence electrons. The van der Waals surface area contributed by atoms with Gasteiger partial charge in [0.15, 0.2) is 0 Å². The van der Waals surface area contributed by atoms with Crippen LogP contribution in [0.5, 0.6) is 0 Å². The van der Waals surface area contributed by atoms with Crippen LogP contribution < -0.4 is 11.3 Å². The van der Waals surface area contributed by atoms with Gasteiger partial charge in [-0.1, -0.05) is 0 Å². The highest BCUT2D eigenvalue weighted by molar-refractivity contribution is 5.75. The van der Waals surface area contributed by atoms with Crippen molar-refractivity contribution in [3.63, 3.8) is 0 Å². The largest absolute Gasteiger partial charge is 0.370 e. The molecule has 2 aromatic rings. The fourth-order valence-corrected chi connectivity index (χ4v) is 2.08. The molecule has 0 unspecified atom stereocenters. The highest BCUT2D eigenvalue weighted by atomic mass is 16.1. The van der Waals surface area contributed by atoms with Gasteiger partial charge in [-0.15, -0.1) is 0 Å². The Morgan fingerprint density at radius 3 is 2.72 bits per heavy atom. The van der Waals surface area contributed by atoms with Crippen molar-refractivity contribution in [2.75, 3.05) is 0 Å². The Labute approximate surface area is 103 Å². The van der Waals surface area contributed by atoms with Crippen LogP contribution >= 0.6 is 0 Å². The van der Waals surface area contributed by atoms with Gasteiger partial charge in [-0.3, -0.25) is 19.4 Å². The van der Waals surface area contributed by atoms with Crippen molar-refractivity contribution in [2.24, 2.45) is 12.8 Å². The average molecular weight is 249 g/mol. The monoisotopic (exact) mass is 249 g/mol. The Bertz CT molecular complexity index is 621. The third-order valence-corrected chi connectivity index (χ3v) is 2.89. The molecular formula is C11H15N5O2. The first-order valence-corrected chi connectivity index (χ1v) is 5.53. The van der Waals surface area contributed by atoms with Crippen LogP contribution in [0.15, 0.2) is 17.2 Å². The number of H-pyrrole nitrogens is 2. The molecule has 2 aromatic heterocycles. The summed E-state index contributed by atoms with van der Waals surface area (Å²) in [6.45, 7) is 1.78. The van der Waals surface area contributed by atoms with E-state index in [4.69, 9.17) is 5.73 Å². The number of carbonyl (C=O) groups excluding carboxylic acids is 1. The minimum atomic E-state index is -0.455. The van der Waals surface area contributed by atoms with Crippen LogP contribution in [0.1, 0.15) is 29.2 Å². The van der Waals surface area contributed by atoms with Crippen molar-refractivity contribution in [3.05, 3.63) is 39.6 Å². The number of nitrogens with two attached hydrogens (primary N) is 1. The lowest BCUT2D eigenvalue weighted by molar-refractivity contribution is -0.118. The van der Waals surface area contributed by atoms with Gasteiger partial charge in [-0.05, 0) is 12.5 Å². The molecule has 1 atom stereocenters. The van der Waals surface area contributed by atoms with Gasteiger partial charge in [0.25, 0.3) is 5.56 Å². The van der Waals surface area contributed by atoms with Gasteiger partial charge in [0.2, 0.25) is 5.91 Å². The van der Waals surface area contributed by atoms with E-state index < -0.39 is 5.91 Å². The number of amides is 1. The molecule has 0 aliphatic rings. The van der Waals surface area contributed by atoms with Crippen LogP contribution in [0.3, 0.4) is 0 Å².